The van der Waals surface area contributed by atoms with Crippen LogP contribution in [0.15, 0.2) is 47.5 Å². The number of rotatable bonds is 9. The van der Waals surface area contributed by atoms with Crippen LogP contribution in [0.1, 0.15) is 16.7 Å². The average Bonchev–Trinajstić information content (AvgIpc) is 2.67. The summed E-state index contributed by atoms with van der Waals surface area (Å²) in [6, 6.07) is 14.0. The number of guanidine groups is 1. The van der Waals surface area contributed by atoms with Gasteiger partial charge in [-0.25, -0.2) is 4.99 Å². The molecule has 0 atom stereocenters. The van der Waals surface area contributed by atoms with Gasteiger partial charge in [-0.2, -0.15) is 0 Å². The number of ether oxygens (including phenoxy) is 3. The van der Waals surface area contributed by atoms with Crippen molar-refractivity contribution in [2.75, 3.05) is 27.9 Å². The van der Waals surface area contributed by atoms with Gasteiger partial charge in [-0.15, -0.1) is 0 Å². The second-order valence-electron chi connectivity index (χ2n) is 5.82. The summed E-state index contributed by atoms with van der Waals surface area (Å²) in [7, 11) is 4.94. The van der Waals surface area contributed by atoms with Gasteiger partial charge in [-0.1, -0.05) is 30.3 Å². The Kier molecular flexibility index (Phi) is 7.76. The summed E-state index contributed by atoms with van der Waals surface area (Å²) in [5, 5.41) is 3.14. The van der Waals surface area contributed by atoms with Crippen LogP contribution in [0, 0.1) is 0 Å². The van der Waals surface area contributed by atoms with E-state index in [1.54, 1.807) is 21.3 Å². The van der Waals surface area contributed by atoms with E-state index in [0.717, 1.165) is 34.6 Å². The molecule has 0 aliphatic carbocycles. The van der Waals surface area contributed by atoms with Crippen LogP contribution in [0.4, 0.5) is 0 Å². The van der Waals surface area contributed by atoms with Crippen LogP contribution >= 0.6 is 0 Å². The molecule has 0 spiro atoms. The number of nitrogens with two attached hydrogens (primary N) is 1. The lowest BCUT2D eigenvalue weighted by molar-refractivity contribution is 0.185. The third-order valence-corrected chi connectivity index (χ3v) is 3.90. The lowest BCUT2D eigenvalue weighted by Crippen LogP contribution is -2.33. The van der Waals surface area contributed by atoms with E-state index in [4.69, 9.17) is 19.9 Å². The fourth-order valence-corrected chi connectivity index (χ4v) is 2.59. The number of benzene rings is 2. The highest BCUT2D eigenvalue weighted by Gasteiger charge is 2.04. The minimum Gasteiger partial charge on any atom is -0.493 e. The average molecular weight is 357 g/mol. The Balaban J connectivity index is 1.83. The monoisotopic (exact) mass is 357 g/mol. The Hall–Kier alpha value is -2.73. The highest BCUT2D eigenvalue weighted by Crippen LogP contribution is 2.27. The van der Waals surface area contributed by atoms with Gasteiger partial charge in [0.2, 0.25) is 0 Å². The van der Waals surface area contributed by atoms with Crippen molar-refractivity contribution >= 4 is 5.96 Å². The Labute approximate surface area is 155 Å². The van der Waals surface area contributed by atoms with Crippen molar-refractivity contribution in [3.63, 3.8) is 0 Å². The first-order chi connectivity index (χ1) is 12.7. The molecule has 0 saturated carbocycles. The van der Waals surface area contributed by atoms with Gasteiger partial charge in [0.15, 0.2) is 17.5 Å². The summed E-state index contributed by atoms with van der Waals surface area (Å²) in [6.45, 7) is 1.82. The van der Waals surface area contributed by atoms with Gasteiger partial charge < -0.3 is 25.3 Å². The van der Waals surface area contributed by atoms with E-state index in [9.17, 15) is 0 Å². The first-order valence-electron chi connectivity index (χ1n) is 8.47. The van der Waals surface area contributed by atoms with Crippen molar-refractivity contribution in [2.45, 2.75) is 19.6 Å². The second kappa shape index (κ2) is 10.3. The molecule has 26 heavy (non-hydrogen) atoms. The molecule has 0 aliphatic rings. The van der Waals surface area contributed by atoms with Gasteiger partial charge in [0.1, 0.15) is 0 Å². The third kappa shape index (κ3) is 5.97. The first-order valence-corrected chi connectivity index (χ1v) is 8.47. The highest BCUT2D eigenvalue weighted by molar-refractivity contribution is 5.77. The lowest BCUT2D eigenvalue weighted by Gasteiger charge is -2.10. The zero-order valence-electron chi connectivity index (χ0n) is 15.6. The smallest absolute Gasteiger partial charge is 0.188 e. The lowest BCUT2D eigenvalue weighted by atomic mass is 10.1. The molecule has 0 aliphatic heterocycles. The molecule has 0 saturated heterocycles. The molecule has 0 radical (unpaired) electrons. The number of nitrogens with one attached hydrogen (secondary N) is 1. The maximum absolute atomic E-state index is 5.95. The Morgan fingerprint density at radius 1 is 0.962 bits per heavy atom. The standard InChI is InChI=1S/C20H27N3O3/c1-24-14-17-6-4-5-16(11-17)13-23-20(21)22-10-9-15-7-8-18(25-2)19(12-15)26-3/h4-8,11-12H,9-10,13-14H2,1-3H3,(H3,21,22,23). The minimum absolute atomic E-state index is 0.433. The number of hydrogen-bond acceptors (Lipinski definition) is 4. The van der Waals surface area contributed by atoms with Gasteiger partial charge in [0.25, 0.3) is 0 Å². The highest BCUT2D eigenvalue weighted by atomic mass is 16.5. The van der Waals surface area contributed by atoms with Crippen LogP contribution in [0.5, 0.6) is 11.5 Å². The van der Waals surface area contributed by atoms with Crippen LogP contribution in [0.2, 0.25) is 0 Å². The van der Waals surface area contributed by atoms with Gasteiger partial charge in [-0.3, -0.25) is 0 Å². The number of nitrogens with zero attached hydrogens (tertiary/aromatic N) is 1. The van der Waals surface area contributed by atoms with Crippen LogP contribution in [-0.2, 0) is 24.3 Å². The molecule has 2 aromatic rings. The molecule has 6 nitrogen and oxygen atoms in total. The Bertz CT molecular complexity index is 732. The normalized spacial score (nSPS) is 11.3. The molecule has 0 heterocycles. The molecule has 0 bridgehead atoms. The maximum atomic E-state index is 5.95. The van der Waals surface area contributed by atoms with E-state index in [1.165, 1.54) is 0 Å². The van der Waals surface area contributed by atoms with Gasteiger partial charge in [0, 0.05) is 13.7 Å². The Morgan fingerprint density at radius 3 is 2.46 bits per heavy atom. The fourth-order valence-electron chi connectivity index (χ4n) is 2.59. The van der Waals surface area contributed by atoms with Crippen LogP contribution in [-0.4, -0.2) is 33.8 Å². The van der Waals surface area contributed by atoms with E-state index < -0.39 is 0 Å². The summed E-state index contributed by atoms with van der Waals surface area (Å²) in [5.41, 5.74) is 9.31. The molecule has 2 rings (SSSR count). The quantitative estimate of drug-likeness (QED) is 0.532. The van der Waals surface area contributed by atoms with Crippen molar-refractivity contribution in [3.05, 3.63) is 59.2 Å². The van der Waals surface area contributed by atoms with Crippen molar-refractivity contribution in [1.82, 2.24) is 5.32 Å². The molecule has 2 aromatic carbocycles. The molecular formula is C20H27N3O3. The summed E-state index contributed by atoms with van der Waals surface area (Å²) in [6.07, 6.45) is 0.805. The topological polar surface area (TPSA) is 78.1 Å². The SMILES string of the molecule is COCc1cccc(CN=C(N)NCCc2ccc(OC)c(OC)c2)c1. The van der Waals surface area contributed by atoms with E-state index in [2.05, 4.69) is 16.4 Å². The van der Waals surface area contributed by atoms with Crippen molar-refractivity contribution in [1.29, 1.82) is 0 Å². The zero-order valence-corrected chi connectivity index (χ0v) is 15.6. The molecule has 0 aromatic heterocycles. The number of methoxy groups -OCH3 is 3. The molecule has 6 heteroatoms. The van der Waals surface area contributed by atoms with Crippen molar-refractivity contribution in [2.24, 2.45) is 10.7 Å². The largest absolute Gasteiger partial charge is 0.493 e. The van der Waals surface area contributed by atoms with Crippen LogP contribution < -0.4 is 20.5 Å². The fraction of sp³-hybridized carbons (Fsp3) is 0.350. The summed E-state index contributed by atoms with van der Waals surface area (Å²) in [4.78, 5) is 4.39. The molecule has 0 fully saturated rings. The van der Waals surface area contributed by atoms with E-state index in [1.807, 2.05) is 36.4 Å². The number of hydrogen-bond donors (Lipinski definition) is 2. The van der Waals surface area contributed by atoms with Crippen molar-refractivity contribution in [3.8, 4) is 11.5 Å². The second-order valence-corrected chi connectivity index (χ2v) is 5.82. The summed E-state index contributed by atoms with van der Waals surface area (Å²) in [5.74, 6) is 1.88. The first kappa shape index (κ1) is 19.6. The zero-order chi connectivity index (χ0) is 18.8. The van der Waals surface area contributed by atoms with Crippen LogP contribution in [0.3, 0.4) is 0 Å². The predicted molar refractivity (Wildman–Crippen MR) is 104 cm³/mol. The summed E-state index contributed by atoms with van der Waals surface area (Å²) < 4.78 is 15.7. The molecule has 3 N–H and O–H groups in total. The molecule has 140 valence electrons. The number of aliphatic imine (C=N–C) groups is 1. The molecular weight excluding hydrogens is 330 g/mol. The van der Waals surface area contributed by atoms with Crippen LogP contribution in [0.25, 0.3) is 0 Å². The minimum atomic E-state index is 0.433. The van der Waals surface area contributed by atoms with Gasteiger partial charge in [0.05, 0.1) is 27.4 Å². The van der Waals surface area contributed by atoms with Crippen molar-refractivity contribution < 1.29 is 14.2 Å². The van der Waals surface area contributed by atoms with E-state index in [0.29, 0.717) is 25.7 Å². The Morgan fingerprint density at radius 2 is 1.73 bits per heavy atom. The summed E-state index contributed by atoms with van der Waals surface area (Å²) >= 11 is 0. The van der Waals surface area contributed by atoms with Gasteiger partial charge in [-0.05, 0) is 35.2 Å². The molecule has 0 unspecified atom stereocenters. The van der Waals surface area contributed by atoms with E-state index in [-0.39, 0.29) is 0 Å². The third-order valence-electron chi connectivity index (χ3n) is 3.90. The van der Waals surface area contributed by atoms with E-state index >= 15 is 0 Å². The maximum Gasteiger partial charge on any atom is 0.188 e. The van der Waals surface area contributed by atoms with Gasteiger partial charge >= 0.3 is 0 Å². The predicted octanol–water partition coefficient (Wildman–Crippen LogP) is 2.50. The molecule has 0 amide bonds.